The van der Waals surface area contributed by atoms with E-state index in [1.807, 2.05) is 0 Å². The molecule has 0 amide bonds. The number of carbonyl (C=O) groups excluding carboxylic acids is 2. The van der Waals surface area contributed by atoms with Crippen LogP contribution in [0.2, 0.25) is 0 Å². The zero-order valence-electron chi connectivity index (χ0n) is 16.3. The second kappa shape index (κ2) is 8.92. The average molecular weight is 441 g/mol. The lowest BCUT2D eigenvalue weighted by atomic mass is 10.1. The van der Waals surface area contributed by atoms with Gasteiger partial charge < -0.3 is 19.2 Å². The summed E-state index contributed by atoms with van der Waals surface area (Å²) in [4.78, 5) is 34.8. The molecule has 30 heavy (non-hydrogen) atoms. The van der Waals surface area contributed by atoms with Gasteiger partial charge in [-0.3, -0.25) is 10.1 Å². The number of rotatable bonds is 8. The fraction of sp³-hybridized carbons (Fsp3) is 0.294. The highest BCUT2D eigenvalue weighted by molar-refractivity contribution is 7.89. The summed E-state index contributed by atoms with van der Waals surface area (Å²) in [5, 5.41) is 19.0. The SMILES string of the molecule is CCOC(=O)c1c(C)oc(Nc2ccc(S(N)(=O)=O)cc2[N+](=O)[O-])c1C(=O)OCC. The standard InChI is InChI=1S/C17H19N3O9S/c1-4-27-16(21)13-9(3)29-15(14(13)17(22)28-5-2)19-11-7-6-10(30(18,25)26)8-12(11)20(23)24/h6-8,19H,4-5H2,1-3H3,(H2,18,25,26). The van der Waals surface area contributed by atoms with Gasteiger partial charge in [0.05, 0.1) is 23.0 Å². The number of nitro benzene ring substituents is 1. The van der Waals surface area contributed by atoms with E-state index in [2.05, 4.69) is 5.32 Å². The Labute approximate surface area is 171 Å². The molecule has 2 aromatic rings. The third-order valence-electron chi connectivity index (χ3n) is 3.79. The van der Waals surface area contributed by atoms with Crippen LogP contribution in [0.3, 0.4) is 0 Å². The molecule has 0 atom stereocenters. The van der Waals surface area contributed by atoms with Gasteiger partial charge in [-0.15, -0.1) is 0 Å². The first kappa shape index (κ1) is 22.8. The largest absolute Gasteiger partial charge is 0.462 e. The minimum Gasteiger partial charge on any atom is -0.462 e. The van der Waals surface area contributed by atoms with Crippen molar-refractivity contribution >= 4 is 39.2 Å². The van der Waals surface area contributed by atoms with Crippen LogP contribution in [0.5, 0.6) is 0 Å². The molecule has 0 bridgehead atoms. The second-order valence-corrected chi connectivity index (χ2v) is 7.35. The number of ether oxygens (including phenoxy) is 2. The zero-order valence-corrected chi connectivity index (χ0v) is 17.1. The Kier molecular flexibility index (Phi) is 6.79. The van der Waals surface area contributed by atoms with Crippen LogP contribution in [0, 0.1) is 17.0 Å². The summed E-state index contributed by atoms with van der Waals surface area (Å²) in [6, 6.07) is 2.87. The van der Waals surface area contributed by atoms with Gasteiger partial charge in [-0.1, -0.05) is 0 Å². The number of nitrogens with two attached hydrogens (primary N) is 1. The number of sulfonamides is 1. The summed E-state index contributed by atoms with van der Waals surface area (Å²) < 4.78 is 38.3. The van der Waals surface area contributed by atoms with Crippen LogP contribution in [-0.4, -0.2) is 38.5 Å². The lowest BCUT2D eigenvalue weighted by Crippen LogP contribution is -2.14. The van der Waals surface area contributed by atoms with Crippen LogP contribution in [0.4, 0.5) is 17.3 Å². The van der Waals surface area contributed by atoms with E-state index in [1.165, 1.54) is 6.92 Å². The first-order chi connectivity index (χ1) is 14.0. The predicted molar refractivity (Wildman–Crippen MR) is 103 cm³/mol. The number of aryl methyl sites for hydroxylation is 1. The molecule has 0 aliphatic carbocycles. The maximum Gasteiger partial charge on any atom is 0.344 e. The highest BCUT2D eigenvalue weighted by atomic mass is 32.2. The third kappa shape index (κ3) is 4.75. The summed E-state index contributed by atoms with van der Waals surface area (Å²) in [5.41, 5.74) is -1.36. The molecule has 0 unspecified atom stereocenters. The van der Waals surface area contributed by atoms with Gasteiger partial charge in [0.1, 0.15) is 22.6 Å². The van der Waals surface area contributed by atoms with E-state index in [9.17, 15) is 28.1 Å². The Hall–Kier alpha value is -3.45. The van der Waals surface area contributed by atoms with Gasteiger partial charge in [0, 0.05) is 6.07 Å². The minimum absolute atomic E-state index is 0.00598. The third-order valence-corrected chi connectivity index (χ3v) is 4.70. The number of furan rings is 1. The first-order valence-corrected chi connectivity index (χ1v) is 10.1. The zero-order chi connectivity index (χ0) is 22.6. The molecule has 1 aromatic carbocycles. The number of nitrogens with zero attached hydrogens (tertiary/aromatic N) is 1. The Morgan fingerprint density at radius 2 is 1.73 bits per heavy atom. The number of carbonyl (C=O) groups is 2. The Morgan fingerprint density at radius 3 is 2.23 bits per heavy atom. The summed E-state index contributed by atoms with van der Waals surface area (Å²) in [6.07, 6.45) is 0. The quantitative estimate of drug-likeness (QED) is 0.350. The Morgan fingerprint density at radius 1 is 1.17 bits per heavy atom. The molecule has 162 valence electrons. The molecule has 0 saturated carbocycles. The number of primary sulfonamides is 1. The van der Waals surface area contributed by atoms with Crippen molar-refractivity contribution in [2.45, 2.75) is 25.7 Å². The normalized spacial score (nSPS) is 11.1. The lowest BCUT2D eigenvalue weighted by Gasteiger charge is -2.09. The maximum atomic E-state index is 12.4. The van der Waals surface area contributed by atoms with Gasteiger partial charge in [-0.25, -0.2) is 23.1 Å². The van der Waals surface area contributed by atoms with E-state index >= 15 is 0 Å². The fourth-order valence-electron chi connectivity index (χ4n) is 2.55. The highest BCUT2D eigenvalue weighted by Gasteiger charge is 2.32. The van der Waals surface area contributed by atoms with Crippen molar-refractivity contribution in [1.82, 2.24) is 0 Å². The van der Waals surface area contributed by atoms with Crippen LogP contribution < -0.4 is 10.5 Å². The predicted octanol–water partition coefficient (Wildman–Crippen LogP) is 2.24. The second-order valence-electron chi connectivity index (χ2n) is 5.78. The molecular formula is C17H19N3O9S. The number of anilines is 2. The highest BCUT2D eigenvalue weighted by Crippen LogP contribution is 2.35. The number of hydrogen-bond acceptors (Lipinski definition) is 10. The Balaban J connectivity index is 2.63. The summed E-state index contributed by atoms with van der Waals surface area (Å²) >= 11 is 0. The van der Waals surface area contributed by atoms with E-state index < -0.39 is 37.5 Å². The molecule has 0 fully saturated rings. The lowest BCUT2D eigenvalue weighted by molar-refractivity contribution is -0.384. The van der Waals surface area contributed by atoms with Gasteiger partial charge in [0.2, 0.25) is 15.9 Å². The molecule has 0 spiro atoms. The van der Waals surface area contributed by atoms with Crippen molar-refractivity contribution in [3.05, 3.63) is 45.2 Å². The molecule has 1 aromatic heterocycles. The number of nitro groups is 1. The average Bonchev–Trinajstić information content (AvgIpc) is 2.97. The molecule has 1 heterocycles. The van der Waals surface area contributed by atoms with Crippen molar-refractivity contribution in [2.75, 3.05) is 18.5 Å². The van der Waals surface area contributed by atoms with Crippen molar-refractivity contribution in [3.63, 3.8) is 0 Å². The van der Waals surface area contributed by atoms with E-state index in [1.54, 1.807) is 13.8 Å². The summed E-state index contributed by atoms with van der Waals surface area (Å²) in [5.74, 6) is -2.04. The van der Waals surface area contributed by atoms with Crippen LogP contribution in [-0.2, 0) is 19.5 Å². The van der Waals surface area contributed by atoms with Gasteiger partial charge >= 0.3 is 11.9 Å². The monoisotopic (exact) mass is 441 g/mol. The first-order valence-electron chi connectivity index (χ1n) is 8.57. The summed E-state index contributed by atoms with van der Waals surface area (Å²) in [7, 11) is -4.19. The molecule has 13 heteroatoms. The summed E-state index contributed by atoms with van der Waals surface area (Å²) in [6.45, 7) is 4.56. The van der Waals surface area contributed by atoms with Crippen molar-refractivity contribution in [1.29, 1.82) is 0 Å². The molecule has 3 N–H and O–H groups in total. The van der Waals surface area contributed by atoms with Gasteiger partial charge in [-0.2, -0.15) is 0 Å². The Bertz CT molecular complexity index is 1110. The fourth-order valence-corrected chi connectivity index (χ4v) is 3.08. The molecule has 0 aliphatic rings. The number of hydrogen-bond donors (Lipinski definition) is 2. The van der Waals surface area contributed by atoms with Gasteiger partial charge in [0.15, 0.2) is 0 Å². The van der Waals surface area contributed by atoms with Crippen LogP contribution in [0.15, 0.2) is 27.5 Å². The van der Waals surface area contributed by atoms with Gasteiger partial charge in [-0.05, 0) is 32.9 Å². The smallest absolute Gasteiger partial charge is 0.344 e. The van der Waals surface area contributed by atoms with Crippen molar-refractivity contribution in [2.24, 2.45) is 5.14 Å². The molecule has 12 nitrogen and oxygen atoms in total. The number of benzene rings is 1. The van der Waals surface area contributed by atoms with E-state index in [0.717, 1.165) is 18.2 Å². The molecular weight excluding hydrogens is 422 g/mol. The minimum atomic E-state index is -4.19. The van der Waals surface area contributed by atoms with Gasteiger partial charge in [0.25, 0.3) is 5.69 Å². The van der Waals surface area contributed by atoms with E-state index in [-0.39, 0.29) is 41.7 Å². The molecule has 0 aliphatic heterocycles. The van der Waals surface area contributed by atoms with E-state index in [0.29, 0.717) is 0 Å². The topological polar surface area (TPSA) is 181 Å². The number of esters is 2. The molecule has 0 saturated heterocycles. The van der Waals surface area contributed by atoms with Crippen molar-refractivity contribution in [3.8, 4) is 0 Å². The van der Waals surface area contributed by atoms with Crippen LogP contribution in [0.25, 0.3) is 0 Å². The van der Waals surface area contributed by atoms with Crippen molar-refractivity contribution < 1.29 is 36.8 Å². The van der Waals surface area contributed by atoms with E-state index in [4.69, 9.17) is 19.0 Å². The van der Waals surface area contributed by atoms with Crippen LogP contribution in [0.1, 0.15) is 40.3 Å². The molecule has 0 radical (unpaired) electrons. The molecule has 2 rings (SSSR count). The maximum absolute atomic E-state index is 12.4. The van der Waals surface area contributed by atoms with Crippen LogP contribution >= 0.6 is 0 Å². The number of nitrogens with one attached hydrogen (secondary N) is 1.